The summed E-state index contributed by atoms with van der Waals surface area (Å²) in [4.78, 5) is 15.3. The Balaban J connectivity index is 2.01. The molecular formula is C19H23N5O2. The Bertz CT molecular complexity index is 898. The summed E-state index contributed by atoms with van der Waals surface area (Å²) in [5, 5.41) is 18.2. The number of fused-ring (bicyclic) bond motifs is 1. The highest BCUT2D eigenvalue weighted by atomic mass is 16.5. The minimum absolute atomic E-state index is 0.323. The average molecular weight is 353 g/mol. The molecule has 2 aromatic heterocycles. The van der Waals surface area contributed by atoms with Gasteiger partial charge in [0, 0.05) is 24.4 Å². The number of aryl methyl sites for hydroxylation is 2. The van der Waals surface area contributed by atoms with Gasteiger partial charge < -0.3 is 14.3 Å². The number of rotatable bonds is 4. The summed E-state index contributed by atoms with van der Waals surface area (Å²) in [6.07, 6.45) is 5.95. The maximum absolute atomic E-state index is 12.2. The van der Waals surface area contributed by atoms with Crippen molar-refractivity contribution < 1.29 is 9.53 Å². The van der Waals surface area contributed by atoms with Gasteiger partial charge in [-0.05, 0) is 45.3 Å². The number of ether oxygens (including phenoxy) is 1. The largest absolute Gasteiger partial charge is 0.462 e. The van der Waals surface area contributed by atoms with Gasteiger partial charge in [-0.15, -0.1) is 10.2 Å². The Labute approximate surface area is 152 Å². The van der Waals surface area contributed by atoms with E-state index in [1.165, 1.54) is 0 Å². The van der Waals surface area contributed by atoms with Crippen LogP contribution < -0.4 is 0 Å². The number of aromatic amines is 1. The highest BCUT2D eigenvalue weighted by molar-refractivity contribution is 5.95. The van der Waals surface area contributed by atoms with E-state index in [2.05, 4.69) is 21.3 Å². The van der Waals surface area contributed by atoms with Crippen LogP contribution >= 0.6 is 0 Å². The van der Waals surface area contributed by atoms with E-state index in [0.29, 0.717) is 29.3 Å². The predicted molar refractivity (Wildman–Crippen MR) is 97.3 cm³/mol. The molecule has 0 bridgehead atoms. The minimum atomic E-state index is -0.353. The number of carbonyl (C=O) groups is 1. The van der Waals surface area contributed by atoms with Gasteiger partial charge in [0.05, 0.1) is 17.7 Å². The molecule has 1 aliphatic rings. The van der Waals surface area contributed by atoms with Gasteiger partial charge in [0.15, 0.2) is 5.82 Å². The Morgan fingerprint density at radius 3 is 2.88 bits per heavy atom. The van der Waals surface area contributed by atoms with Crippen molar-refractivity contribution in [2.75, 3.05) is 6.61 Å². The maximum Gasteiger partial charge on any atom is 0.340 e. The number of nitrogens with one attached hydrogen (secondary N) is 1. The fourth-order valence-electron chi connectivity index (χ4n) is 3.40. The van der Waals surface area contributed by atoms with Gasteiger partial charge in [-0.1, -0.05) is 6.42 Å². The zero-order valence-electron chi connectivity index (χ0n) is 15.4. The normalized spacial score (nSPS) is 14.5. The molecule has 2 aromatic rings. The fourth-order valence-corrected chi connectivity index (χ4v) is 3.40. The summed E-state index contributed by atoms with van der Waals surface area (Å²) >= 11 is 0. The number of hydrogen-bond acceptors (Lipinski definition) is 5. The van der Waals surface area contributed by atoms with Crippen LogP contribution in [-0.4, -0.2) is 32.3 Å². The van der Waals surface area contributed by atoms with E-state index < -0.39 is 0 Å². The number of carbonyl (C=O) groups excluding carboxylic acids is 1. The number of H-pyrrole nitrogens is 1. The number of allylic oxidation sites excluding steroid dienone is 1. The number of nitrogens with zero attached hydrogens (tertiary/aromatic N) is 4. The first-order chi connectivity index (χ1) is 12.6. The van der Waals surface area contributed by atoms with Crippen molar-refractivity contribution in [1.29, 1.82) is 5.26 Å². The second kappa shape index (κ2) is 7.56. The van der Waals surface area contributed by atoms with Crippen LogP contribution in [0.25, 0.3) is 11.6 Å². The molecule has 26 heavy (non-hydrogen) atoms. The van der Waals surface area contributed by atoms with Gasteiger partial charge in [0.2, 0.25) is 0 Å². The fraction of sp³-hybridized carbons (Fsp3) is 0.474. The number of aromatic nitrogens is 4. The lowest BCUT2D eigenvalue weighted by Gasteiger charge is -2.06. The molecular weight excluding hydrogens is 330 g/mol. The van der Waals surface area contributed by atoms with Crippen LogP contribution in [0, 0.1) is 25.2 Å². The average Bonchev–Trinajstić information content (AvgIpc) is 3.03. The lowest BCUT2D eigenvalue weighted by molar-refractivity contribution is 0.0525. The van der Waals surface area contributed by atoms with E-state index >= 15 is 0 Å². The molecule has 3 rings (SSSR count). The number of hydrogen-bond donors (Lipinski definition) is 1. The van der Waals surface area contributed by atoms with Gasteiger partial charge in [0.1, 0.15) is 11.9 Å². The van der Waals surface area contributed by atoms with E-state index in [4.69, 9.17) is 4.74 Å². The molecule has 0 saturated carbocycles. The molecule has 7 heteroatoms. The molecule has 0 atom stereocenters. The molecule has 1 aliphatic heterocycles. The van der Waals surface area contributed by atoms with Crippen LogP contribution in [0.1, 0.15) is 65.1 Å². The minimum Gasteiger partial charge on any atom is -0.462 e. The smallest absolute Gasteiger partial charge is 0.340 e. The first kappa shape index (κ1) is 17.9. The molecule has 1 N–H and O–H groups in total. The molecule has 7 nitrogen and oxygen atoms in total. The highest BCUT2D eigenvalue weighted by Crippen LogP contribution is 2.25. The molecule has 0 spiro atoms. The van der Waals surface area contributed by atoms with Gasteiger partial charge in [-0.3, -0.25) is 0 Å². The van der Waals surface area contributed by atoms with Gasteiger partial charge in [0.25, 0.3) is 0 Å². The summed E-state index contributed by atoms with van der Waals surface area (Å²) in [5.74, 6) is 1.17. The van der Waals surface area contributed by atoms with E-state index in [0.717, 1.165) is 49.3 Å². The standard InChI is InChI=1S/C19H23N5O2/c1-4-26-19(25)17-12(2)15(21-13(17)3)10-14(11-20)18-23-22-16-8-6-5-7-9-24(16)18/h10,21H,4-9H2,1-3H3/b14-10+. The maximum atomic E-state index is 12.2. The second-order valence-corrected chi connectivity index (χ2v) is 6.46. The third kappa shape index (κ3) is 3.27. The van der Waals surface area contributed by atoms with E-state index in [1.54, 1.807) is 13.0 Å². The molecule has 3 heterocycles. The first-order valence-corrected chi connectivity index (χ1v) is 8.97. The van der Waals surface area contributed by atoms with Crippen molar-refractivity contribution in [3.05, 3.63) is 34.2 Å². The predicted octanol–water partition coefficient (Wildman–Crippen LogP) is 3.19. The summed E-state index contributed by atoms with van der Waals surface area (Å²) < 4.78 is 7.16. The Morgan fingerprint density at radius 1 is 1.35 bits per heavy atom. The van der Waals surface area contributed by atoms with Crippen molar-refractivity contribution in [1.82, 2.24) is 19.7 Å². The van der Waals surface area contributed by atoms with Crippen molar-refractivity contribution >= 4 is 17.6 Å². The number of nitriles is 1. The summed E-state index contributed by atoms with van der Waals surface area (Å²) in [5.41, 5.74) is 3.17. The van der Waals surface area contributed by atoms with Crippen LogP contribution in [0.5, 0.6) is 0 Å². The zero-order chi connectivity index (χ0) is 18.7. The first-order valence-electron chi connectivity index (χ1n) is 8.97. The Hall–Kier alpha value is -2.88. The third-order valence-electron chi connectivity index (χ3n) is 4.72. The van der Waals surface area contributed by atoms with Crippen molar-refractivity contribution in [3.8, 4) is 6.07 Å². The third-order valence-corrected chi connectivity index (χ3v) is 4.72. The molecule has 0 aromatic carbocycles. The van der Waals surface area contributed by atoms with E-state index in [-0.39, 0.29) is 5.97 Å². The second-order valence-electron chi connectivity index (χ2n) is 6.46. The van der Waals surface area contributed by atoms with Crippen LogP contribution in [0.2, 0.25) is 0 Å². The molecule has 0 saturated heterocycles. The van der Waals surface area contributed by atoms with E-state index in [9.17, 15) is 10.1 Å². The van der Waals surface area contributed by atoms with Crippen molar-refractivity contribution in [2.24, 2.45) is 0 Å². The molecule has 0 fully saturated rings. The van der Waals surface area contributed by atoms with Gasteiger partial charge in [-0.2, -0.15) is 5.26 Å². The van der Waals surface area contributed by atoms with Crippen LogP contribution in [0.3, 0.4) is 0 Å². The van der Waals surface area contributed by atoms with Crippen LogP contribution in [-0.2, 0) is 17.7 Å². The lowest BCUT2D eigenvalue weighted by atomic mass is 10.1. The van der Waals surface area contributed by atoms with E-state index in [1.807, 2.05) is 18.4 Å². The lowest BCUT2D eigenvalue weighted by Crippen LogP contribution is -2.06. The Kier molecular flexibility index (Phi) is 5.21. The summed E-state index contributed by atoms with van der Waals surface area (Å²) in [7, 11) is 0. The van der Waals surface area contributed by atoms with Crippen molar-refractivity contribution in [3.63, 3.8) is 0 Å². The Morgan fingerprint density at radius 2 is 2.15 bits per heavy atom. The molecule has 136 valence electrons. The zero-order valence-corrected chi connectivity index (χ0v) is 15.4. The van der Waals surface area contributed by atoms with Gasteiger partial charge >= 0.3 is 5.97 Å². The SMILES string of the molecule is CCOC(=O)c1c(C)[nH]c(/C=C(\C#N)c2nnc3n2CCCCC3)c1C. The molecule has 0 unspecified atom stereocenters. The van der Waals surface area contributed by atoms with Gasteiger partial charge in [-0.25, -0.2) is 4.79 Å². The van der Waals surface area contributed by atoms with Crippen LogP contribution in [0.15, 0.2) is 0 Å². The highest BCUT2D eigenvalue weighted by Gasteiger charge is 2.21. The summed E-state index contributed by atoms with van der Waals surface area (Å²) in [6.45, 7) is 6.60. The number of esters is 1. The van der Waals surface area contributed by atoms with Crippen molar-refractivity contribution in [2.45, 2.75) is 53.0 Å². The molecule has 0 amide bonds. The summed E-state index contributed by atoms with van der Waals surface area (Å²) in [6, 6.07) is 2.24. The van der Waals surface area contributed by atoms with Crippen LogP contribution in [0.4, 0.5) is 0 Å². The topological polar surface area (TPSA) is 96.6 Å². The molecule has 0 aliphatic carbocycles. The quantitative estimate of drug-likeness (QED) is 0.672. The molecule has 0 radical (unpaired) electrons. The monoisotopic (exact) mass is 353 g/mol.